The minimum atomic E-state index is -0.498. The number of fused-ring (bicyclic) bond motifs is 3. The standard InChI is InChI=1S/C17H12N4O2S/c18-16(22)9-2-1-3-10(6-9)19-7-11-14-12(21-17(11)23)4-5-13-15(14)24-8-20-13/h1-8,19H,(H2,18,22)(H,21,23)/b11-7-. The molecule has 1 aliphatic heterocycles. The first-order chi connectivity index (χ1) is 11.6. The fourth-order valence-electron chi connectivity index (χ4n) is 2.66. The zero-order valence-corrected chi connectivity index (χ0v) is 13.2. The third kappa shape index (κ3) is 2.31. The Morgan fingerprint density at radius 2 is 2.17 bits per heavy atom. The number of aromatic nitrogens is 1. The minimum Gasteiger partial charge on any atom is -0.366 e. The van der Waals surface area contributed by atoms with Gasteiger partial charge in [-0.25, -0.2) is 4.98 Å². The molecular weight excluding hydrogens is 324 g/mol. The lowest BCUT2D eigenvalue weighted by Crippen LogP contribution is -2.11. The summed E-state index contributed by atoms with van der Waals surface area (Å²) < 4.78 is 0.963. The molecule has 0 saturated carbocycles. The Bertz CT molecular complexity index is 1020. The summed E-state index contributed by atoms with van der Waals surface area (Å²) >= 11 is 1.49. The summed E-state index contributed by atoms with van der Waals surface area (Å²) in [6, 6.07) is 10.5. The fraction of sp³-hybridized carbons (Fsp3) is 0. The molecule has 0 atom stereocenters. The topological polar surface area (TPSA) is 97.1 Å². The van der Waals surface area contributed by atoms with E-state index in [2.05, 4.69) is 15.6 Å². The maximum Gasteiger partial charge on any atom is 0.257 e. The molecule has 0 aliphatic carbocycles. The molecular formula is C17H12N4O2S. The number of amides is 2. The Balaban J connectivity index is 1.74. The third-order valence-corrected chi connectivity index (χ3v) is 4.65. The Labute approximate surface area is 141 Å². The van der Waals surface area contributed by atoms with Crippen LogP contribution < -0.4 is 16.4 Å². The summed E-state index contributed by atoms with van der Waals surface area (Å²) in [6.07, 6.45) is 1.64. The van der Waals surface area contributed by atoms with Gasteiger partial charge in [-0.3, -0.25) is 9.59 Å². The van der Waals surface area contributed by atoms with Gasteiger partial charge in [0.05, 0.1) is 27.0 Å². The Kier molecular flexibility index (Phi) is 3.28. The number of nitrogens with zero attached hydrogens (tertiary/aromatic N) is 1. The van der Waals surface area contributed by atoms with Crippen LogP contribution in [0.2, 0.25) is 0 Å². The van der Waals surface area contributed by atoms with Gasteiger partial charge in [0.1, 0.15) is 0 Å². The number of nitrogens with one attached hydrogen (secondary N) is 2. The molecule has 2 heterocycles. The van der Waals surface area contributed by atoms with Crippen LogP contribution in [0.3, 0.4) is 0 Å². The van der Waals surface area contributed by atoms with Crippen LogP contribution in [0, 0.1) is 0 Å². The van der Waals surface area contributed by atoms with Crippen LogP contribution in [0.1, 0.15) is 15.9 Å². The summed E-state index contributed by atoms with van der Waals surface area (Å²) in [6.45, 7) is 0. The van der Waals surface area contributed by atoms with Gasteiger partial charge in [-0.1, -0.05) is 6.07 Å². The highest BCUT2D eigenvalue weighted by Gasteiger charge is 2.27. The van der Waals surface area contributed by atoms with E-state index in [4.69, 9.17) is 5.73 Å². The van der Waals surface area contributed by atoms with Crippen molar-refractivity contribution in [1.82, 2.24) is 4.98 Å². The molecule has 0 unspecified atom stereocenters. The van der Waals surface area contributed by atoms with Gasteiger partial charge >= 0.3 is 0 Å². The van der Waals surface area contributed by atoms with Crippen LogP contribution in [-0.4, -0.2) is 16.8 Å². The first kappa shape index (κ1) is 14.4. The number of hydrogen-bond donors (Lipinski definition) is 3. The molecule has 2 amide bonds. The van der Waals surface area contributed by atoms with Crippen LogP contribution in [0.25, 0.3) is 15.8 Å². The van der Waals surface area contributed by atoms with Gasteiger partial charge in [0.15, 0.2) is 0 Å². The first-order valence-corrected chi connectivity index (χ1v) is 8.06. The number of carbonyl (C=O) groups excluding carboxylic acids is 2. The van der Waals surface area contributed by atoms with Crippen molar-refractivity contribution < 1.29 is 9.59 Å². The van der Waals surface area contributed by atoms with Crippen LogP contribution in [0.5, 0.6) is 0 Å². The number of hydrogen-bond acceptors (Lipinski definition) is 5. The number of rotatable bonds is 3. The fourth-order valence-corrected chi connectivity index (χ4v) is 3.51. The lowest BCUT2D eigenvalue weighted by atomic mass is 10.1. The second-order valence-electron chi connectivity index (χ2n) is 5.29. The Morgan fingerprint density at radius 1 is 1.29 bits per heavy atom. The number of anilines is 2. The van der Waals surface area contributed by atoms with E-state index >= 15 is 0 Å². The van der Waals surface area contributed by atoms with Crippen molar-refractivity contribution in [2.24, 2.45) is 5.73 Å². The molecule has 0 bridgehead atoms. The molecule has 0 spiro atoms. The minimum absolute atomic E-state index is 0.176. The van der Waals surface area contributed by atoms with Gasteiger partial charge in [-0.15, -0.1) is 11.3 Å². The van der Waals surface area contributed by atoms with E-state index in [9.17, 15) is 9.59 Å². The highest BCUT2D eigenvalue weighted by Crippen LogP contribution is 2.39. The lowest BCUT2D eigenvalue weighted by molar-refractivity contribution is -0.110. The number of benzene rings is 2. The summed E-state index contributed by atoms with van der Waals surface area (Å²) in [5.74, 6) is -0.675. The number of nitrogens with two attached hydrogens (primary N) is 1. The molecule has 3 aromatic rings. The van der Waals surface area contributed by atoms with Crippen molar-refractivity contribution in [3.05, 3.63) is 59.2 Å². The van der Waals surface area contributed by atoms with Gasteiger partial charge in [0, 0.05) is 23.0 Å². The molecule has 6 nitrogen and oxygen atoms in total. The van der Waals surface area contributed by atoms with E-state index in [1.165, 1.54) is 11.3 Å². The SMILES string of the molecule is NC(=O)c1cccc(N/C=C2\C(=O)Nc3ccc4ncsc4c32)c1. The van der Waals surface area contributed by atoms with E-state index in [-0.39, 0.29) is 5.91 Å². The number of thiazole rings is 1. The van der Waals surface area contributed by atoms with Crippen molar-refractivity contribution >= 4 is 50.3 Å². The molecule has 7 heteroatoms. The normalized spacial score (nSPS) is 14.7. The first-order valence-electron chi connectivity index (χ1n) is 7.18. The Hall–Kier alpha value is -3.19. The largest absolute Gasteiger partial charge is 0.366 e. The van der Waals surface area contributed by atoms with Crippen LogP contribution in [0.15, 0.2) is 48.1 Å². The van der Waals surface area contributed by atoms with Crippen molar-refractivity contribution in [2.75, 3.05) is 10.6 Å². The maximum atomic E-state index is 12.3. The van der Waals surface area contributed by atoms with Crippen molar-refractivity contribution in [2.45, 2.75) is 0 Å². The maximum absolute atomic E-state index is 12.3. The molecule has 1 aromatic heterocycles. The van der Waals surface area contributed by atoms with Gasteiger partial charge in [0.25, 0.3) is 5.91 Å². The van der Waals surface area contributed by atoms with Crippen molar-refractivity contribution in [3.63, 3.8) is 0 Å². The highest BCUT2D eigenvalue weighted by molar-refractivity contribution is 7.17. The summed E-state index contributed by atoms with van der Waals surface area (Å²) in [5, 5.41) is 5.92. The number of primary amides is 1. The molecule has 1 aliphatic rings. The van der Waals surface area contributed by atoms with Crippen molar-refractivity contribution in [1.29, 1.82) is 0 Å². The molecule has 118 valence electrons. The molecule has 2 aromatic carbocycles. The molecule has 24 heavy (non-hydrogen) atoms. The van der Waals surface area contributed by atoms with Crippen LogP contribution >= 0.6 is 11.3 Å². The zero-order valence-electron chi connectivity index (χ0n) is 12.4. The van der Waals surface area contributed by atoms with Gasteiger partial charge in [-0.2, -0.15) is 0 Å². The van der Waals surface area contributed by atoms with E-state index in [0.29, 0.717) is 16.8 Å². The highest BCUT2D eigenvalue weighted by atomic mass is 32.1. The van der Waals surface area contributed by atoms with Crippen molar-refractivity contribution in [3.8, 4) is 0 Å². The zero-order chi connectivity index (χ0) is 16.7. The lowest BCUT2D eigenvalue weighted by Gasteiger charge is -2.04. The molecule has 0 saturated heterocycles. The molecule has 4 N–H and O–H groups in total. The van der Waals surface area contributed by atoms with Crippen LogP contribution in [0.4, 0.5) is 11.4 Å². The van der Waals surface area contributed by atoms with Gasteiger partial charge in [0.2, 0.25) is 5.91 Å². The van der Waals surface area contributed by atoms with E-state index < -0.39 is 5.91 Å². The predicted octanol–water partition coefficient (Wildman–Crippen LogP) is 2.80. The Morgan fingerprint density at radius 3 is 3.00 bits per heavy atom. The smallest absolute Gasteiger partial charge is 0.257 e. The average molecular weight is 336 g/mol. The molecule has 4 rings (SSSR count). The average Bonchev–Trinajstić information content (AvgIpc) is 3.16. The molecule has 0 radical (unpaired) electrons. The van der Waals surface area contributed by atoms with Crippen LogP contribution in [-0.2, 0) is 4.79 Å². The van der Waals surface area contributed by atoms with E-state index in [0.717, 1.165) is 21.5 Å². The van der Waals surface area contributed by atoms with E-state index in [1.807, 2.05) is 12.1 Å². The molecule has 0 fully saturated rings. The quantitative estimate of drug-likeness (QED) is 0.641. The summed E-state index contributed by atoms with van der Waals surface area (Å²) in [5.41, 5.74) is 11.1. The second kappa shape index (κ2) is 5.47. The third-order valence-electron chi connectivity index (χ3n) is 3.79. The predicted molar refractivity (Wildman–Crippen MR) is 94.8 cm³/mol. The van der Waals surface area contributed by atoms with Gasteiger partial charge < -0.3 is 16.4 Å². The summed E-state index contributed by atoms with van der Waals surface area (Å²) in [7, 11) is 0. The van der Waals surface area contributed by atoms with Gasteiger partial charge in [-0.05, 0) is 30.3 Å². The monoisotopic (exact) mass is 336 g/mol. The second-order valence-corrected chi connectivity index (χ2v) is 6.15. The van der Waals surface area contributed by atoms with E-state index in [1.54, 1.807) is 36.0 Å². The number of carbonyl (C=O) groups is 2. The summed E-state index contributed by atoms with van der Waals surface area (Å²) in [4.78, 5) is 27.8.